The Bertz CT molecular complexity index is 1020. The second kappa shape index (κ2) is 11.2. The van der Waals surface area contributed by atoms with Crippen LogP contribution in [-0.4, -0.2) is 46.5 Å². The van der Waals surface area contributed by atoms with E-state index >= 15 is 0 Å². The molecule has 1 fully saturated rings. The zero-order valence-corrected chi connectivity index (χ0v) is 18.2. The van der Waals surface area contributed by atoms with Crippen LogP contribution in [0.4, 0.5) is 0 Å². The number of aliphatic hydroxyl groups is 1. The Balaban J connectivity index is 1.70. The molecule has 32 heavy (non-hydrogen) atoms. The molecule has 8 heteroatoms. The van der Waals surface area contributed by atoms with Gasteiger partial charge in [0, 0.05) is 17.8 Å². The van der Waals surface area contributed by atoms with Crippen LogP contribution in [0.2, 0.25) is 0 Å². The highest BCUT2D eigenvalue weighted by molar-refractivity contribution is 5.95. The maximum Gasteiger partial charge on any atom is 0.269 e. The van der Waals surface area contributed by atoms with E-state index in [2.05, 4.69) is 32.5 Å². The number of amides is 2. The van der Waals surface area contributed by atoms with Gasteiger partial charge in [-0.25, -0.2) is 0 Å². The maximum atomic E-state index is 12.7. The minimum Gasteiger partial charge on any atom is -0.394 e. The van der Waals surface area contributed by atoms with Gasteiger partial charge in [0.05, 0.1) is 18.3 Å². The molecule has 8 nitrogen and oxygen atoms in total. The van der Waals surface area contributed by atoms with Crippen molar-refractivity contribution >= 4 is 24.1 Å². The minimum absolute atomic E-state index is 0.138. The standard InChI is InChI=1S/C24H29N5O3/c1-3-16(11-12-25-2)20-14-21(29-28-20)24(32)27-22(15-30)17-7-6-8-18(13-17)23(31)26-19-9-4-5-10-19/h3,6-8,11-14,19,22,30H,2,4-5,9-10,15H2,1H3,(H,26,31)(H,27,32)(H,28,29)/b12-11-,16-3+/t22-/m1/s1. The number of nitrogens with one attached hydrogen (secondary N) is 3. The van der Waals surface area contributed by atoms with Crippen molar-refractivity contribution in [3.05, 3.63) is 71.2 Å². The van der Waals surface area contributed by atoms with Crippen LogP contribution in [-0.2, 0) is 0 Å². The maximum absolute atomic E-state index is 12.7. The number of hydrogen-bond acceptors (Lipinski definition) is 5. The number of aliphatic hydroxyl groups excluding tert-OH is 1. The molecule has 2 aromatic rings. The molecule has 1 aromatic heterocycles. The summed E-state index contributed by atoms with van der Waals surface area (Å²) in [5.74, 6) is -0.550. The highest BCUT2D eigenvalue weighted by Crippen LogP contribution is 2.20. The molecule has 4 N–H and O–H groups in total. The quantitative estimate of drug-likeness (QED) is 0.357. The fourth-order valence-electron chi connectivity index (χ4n) is 3.75. The fourth-order valence-corrected chi connectivity index (χ4v) is 3.75. The zero-order valence-electron chi connectivity index (χ0n) is 18.2. The number of hydrogen-bond donors (Lipinski definition) is 4. The van der Waals surface area contributed by atoms with Crippen LogP contribution in [0.5, 0.6) is 0 Å². The number of aliphatic imine (C=N–C) groups is 1. The van der Waals surface area contributed by atoms with Crippen LogP contribution in [0.15, 0.2) is 53.7 Å². The Labute approximate surface area is 187 Å². The van der Waals surface area contributed by atoms with Crippen molar-refractivity contribution in [2.45, 2.75) is 44.7 Å². The smallest absolute Gasteiger partial charge is 0.269 e. The summed E-state index contributed by atoms with van der Waals surface area (Å²) in [7, 11) is 0. The zero-order chi connectivity index (χ0) is 22.9. The normalized spacial score (nSPS) is 15.6. The molecule has 1 aromatic carbocycles. The summed E-state index contributed by atoms with van der Waals surface area (Å²) in [5.41, 5.74) is 2.78. The van der Waals surface area contributed by atoms with Gasteiger partial charge in [-0.15, -0.1) is 0 Å². The van der Waals surface area contributed by atoms with Crippen molar-refractivity contribution in [2.75, 3.05) is 6.61 Å². The van der Waals surface area contributed by atoms with Gasteiger partial charge < -0.3 is 15.7 Å². The number of nitrogens with zero attached hydrogens (tertiary/aromatic N) is 2. The third kappa shape index (κ3) is 5.79. The van der Waals surface area contributed by atoms with Gasteiger partial charge in [0.1, 0.15) is 5.69 Å². The Morgan fingerprint density at radius 3 is 2.78 bits per heavy atom. The summed E-state index contributed by atoms with van der Waals surface area (Å²) in [5, 5.41) is 22.6. The van der Waals surface area contributed by atoms with E-state index in [1.807, 2.05) is 13.0 Å². The lowest BCUT2D eigenvalue weighted by molar-refractivity contribution is 0.0910. The Morgan fingerprint density at radius 2 is 2.09 bits per heavy atom. The number of aromatic amines is 1. The number of allylic oxidation sites excluding steroid dienone is 3. The van der Waals surface area contributed by atoms with E-state index in [1.165, 1.54) is 0 Å². The molecule has 1 aliphatic carbocycles. The molecule has 2 amide bonds. The second-order valence-electron chi connectivity index (χ2n) is 7.70. The number of benzene rings is 1. The van der Waals surface area contributed by atoms with E-state index < -0.39 is 11.9 Å². The van der Waals surface area contributed by atoms with E-state index in [9.17, 15) is 14.7 Å². The molecule has 168 valence electrons. The number of aromatic nitrogens is 2. The van der Waals surface area contributed by atoms with Crippen LogP contribution < -0.4 is 10.6 Å². The van der Waals surface area contributed by atoms with Gasteiger partial charge in [-0.3, -0.25) is 19.7 Å². The van der Waals surface area contributed by atoms with Crippen LogP contribution in [0.1, 0.15) is 70.8 Å². The average molecular weight is 436 g/mol. The van der Waals surface area contributed by atoms with Gasteiger partial charge in [-0.1, -0.05) is 31.1 Å². The number of carbonyl (C=O) groups is 2. The van der Waals surface area contributed by atoms with Gasteiger partial charge in [0.15, 0.2) is 0 Å². The van der Waals surface area contributed by atoms with Crippen molar-refractivity contribution in [3.8, 4) is 0 Å². The Morgan fingerprint density at radius 1 is 1.31 bits per heavy atom. The Hall–Kier alpha value is -3.52. The summed E-state index contributed by atoms with van der Waals surface area (Å²) in [4.78, 5) is 29.0. The molecule has 1 aliphatic rings. The van der Waals surface area contributed by atoms with E-state index in [0.29, 0.717) is 16.8 Å². The minimum atomic E-state index is -0.667. The first-order chi connectivity index (χ1) is 15.5. The van der Waals surface area contributed by atoms with Gasteiger partial charge in [0.25, 0.3) is 11.8 Å². The SMILES string of the molecule is C=N/C=C\C(=C/C)c1cc(C(=O)N[C@H](CO)c2cccc(C(=O)NC3CCCC3)c2)[nH]n1. The van der Waals surface area contributed by atoms with Gasteiger partial charge in [0.2, 0.25) is 0 Å². The van der Waals surface area contributed by atoms with Crippen molar-refractivity contribution in [1.82, 2.24) is 20.8 Å². The molecule has 0 unspecified atom stereocenters. The van der Waals surface area contributed by atoms with E-state index in [4.69, 9.17) is 0 Å². The van der Waals surface area contributed by atoms with Gasteiger partial charge in [-0.05, 0) is 61.9 Å². The predicted molar refractivity (Wildman–Crippen MR) is 124 cm³/mol. The summed E-state index contributed by atoms with van der Waals surface area (Å²) in [6, 6.07) is 8.13. The highest BCUT2D eigenvalue weighted by Gasteiger charge is 2.21. The van der Waals surface area contributed by atoms with Crippen molar-refractivity contribution < 1.29 is 14.7 Å². The topological polar surface area (TPSA) is 119 Å². The first-order valence-corrected chi connectivity index (χ1v) is 10.7. The van der Waals surface area contributed by atoms with E-state index in [-0.39, 0.29) is 24.2 Å². The molecule has 0 saturated heterocycles. The molecular weight excluding hydrogens is 406 g/mol. The van der Waals surface area contributed by atoms with Gasteiger partial charge >= 0.3 is 0 Å². The fraction of sp³-hybridized carbons (Fsp3) is 0.333. The first-order valence-electron chi connectivity index (χ1n) is 10.7. The van der Waals surface area contributed by atoms with Gasteiger partial charge in [-0.2, -0.15) is 5.10 Å². The Kier molecular flexibility index (Phi) is 8.10. The predicted octanol–water partition coefficient (Wildman–Crippen LogP) is 3.16. The molecule has 1 atom stereocenters. The largest absolute Gasteiger partial charge is 0.394 e. The molecule has 3 rings (SSSR count). The van der Waals surface area contributed by atoms with Crippen molar-refractivity contribution in [2.24, 2.45) is 4.99 Å². The molecule has 0 spiro atoms. The summed E-state index contributed by atoms with van der Waals surface area (Å²) in [6.07, 6.45) is 9.40. The third-order valence-corrected chi connectivity index (χ3v) is 5.52. The van der Waals surface area contributed by atoms with E-state index in [0.717, 1.165) is 31.3 Å². The van der Waals surface area contributed by atoms with Crippen LogP contribution >= 0.6 is 0 Å². The molecular formula is C24H29N5O3. The molecule has 0 bridgehead atoms. The number of rotatable bonds is 9. The monoisotopic (exact) mass is 435 g/mol. The van der Waals surface area contributed by atoms with Crippen LogP contribution in [0.25, 0.3) is 5.57 Å². The molecule has 1 heterocycles. The lowest BCUT2D eigenvalue weighted by Crippen LogP contribution is -2.33. The summed E-state index contributed by atoms with van der Waals surface area (Å²) in [6.45, 7) is 4.95. The number of H-pyrrole nitrogens is 1. The second-order valence-corrected chi connectivity index (χ2v) is 7.70. The third-order valence-electron chi connectivity index (χ3n) is 5.52. The summed E-state index contributed by atoms with van der Waals surface area (Å²) >= 11 is 0. The lowest BCUT2D eigenvalue weighted by Gasteiger charge is -2.18. The summed E-state index contributed by atoms with van der Waals surface area (Å²) < 4.78 is 0. The molecule has 0 radical (unpaired) electrons. The average Bonchev–Trinajstić information content (AvgIpc) is 3.50. The van der Waals surface area contributed by atoms with Crippen molar-refractivity contribution in [1.29, 1.82) is 0 Å². The highest BCUT2D eigenvalue weighted by atomic mass is 16.3. The van der Waals surface area contributed by atoms with Crippen LogP contribution in [0, 0.1) is 0 Å². The van der Waals surface area contributed by atoms with E-state index in [1.54, 1.807) is 42.6 Å². The lowest BCUT2D eigenvalue weighted by atomic mass is 10.0. The molecule has 0 aliphatic heterocycles. The number of carbonyl (C=O) groups excluding carboxylic acids is 2. The molecule has 1 saturated carbocycles. The van der Waals surface area contributed by atoms with Crippen molar-refractivity contribution in [3.63, 3.8) is 0 Å². The van der Waals surface area contributed by atoms with Crippen LogP contribution in [0.3, 0.4) is 0 Å². The first kappa shape index (κ1) is 23.1.